The number of ether oxygens (including phenoxy) is 1. The fourth-order valence-electron chi connectivity index (χ4n) is 1.98. The maximum Gasteiger partial charge on any atom is 0.146 e. The van der Waals surface area contributed by atoms with Crippen LogP contribution in [0.2, 0.25) is 5.02 Å². The van der Waals surface area contributed by atoms with Crippen LogP contribution in [0.3, 0.4) is 0 Å². The molecule has 1 heterocycles. The van der Waals surface area contributed by atoms with Gasteiger partial charge >= 0.3 is 0 Å². The predicted molar refractivity (Wildman–Crippen MR) is 90.2 cm³/mol. The van der Waals surface area contributed by atoms with E-state index in [-0.39, 0.29) is 6.04 Å². The van der Waals surface area contributed by atoms with Crippen LogP contribution in [0.5, 0.6) is 11.5 Å². The number of nitrogens with one attached hydrogen (secondary N) is 1. The summed E-state index contributed by atoms with van der Waals surface area (Å²) in [6.07, 6.45) is 4.47. The van der Waals surface area contributed by atoms with Gasteiger partial charge in [-0.15, -0.1) is 0 Å². The summed E-state index contributed by atoms with van der Waals surface area (Å²) >= 11 is 9.72. The van der Waals surface area contributed by atoms with Gasteiger partial charge in [-0.3, -0.25) is 4.98 Å². The van der Waals surface area contributed by atoms with Crippen molar-refractivity contribution in [2.24, 2.45) is 0 Å². The Balaban J connectivity index is 2.11. The zero-order valence-corrected chi connectivity index (χ0v) is 14.4. The number of pyridine rings is 1. The lowest BCUT2D eigenvalue weighted by Crippen LogP contribution is -2.19. The van der Waals surface area contributed by atoms with Crippen molar-refractivity contribution in [1.82, 2.24) is 10.3 Å². The van der Waals surface area contributed by atoms with E-state index in [0.29, 0.717) is 16.5 Å². The average molecular weight is 370 g/mol. The minimum Gasteiger partial charge on any atom is -0.456 e. The number of rotatable bonds is 6. The Morgan fingerprint density at radius 1 is 1.29 bits per heavy atom. The molecule has 0 bridgehead atoms. The fraction of sp³-hybridized carbons (Fsp3) is 0.312. The molecule has 0 saturated carbocycles. The maximum absolute atomic E-state index is 6.36. The largest absolute Gasteiger partial charge is 0.456 e. The molecule has 0 amide bonds. The van der Waals surface area contributed by atoms with Gasteiger partial charge in [0.1, 0.15) is 11.5 Å². The third-order valence-electron chi connectivity index (χ3n) is 3.05. The summed E-state index contributed by atoms with van der Waals surface area (Å²) in [5.41, 5.74) is 1.07. The Bertz CT molecular complexity index is 607. The highest BCUT2D eigenvalue weighted by Gasteiger charge is 2.10. The van der Waals surface area contributed by atoms with Gasteiger partial charge in [0.05, 0.1) is 6.20 Å². The first-order valence-electron chi connectivity index (χ1n) is 6.91. The van der Waals surface area contributed by atoms with E-state index in [1.54, 1.807) is 12.4 Å². The number of aromatic nitrogens is 1. The van der Waals surface area contributed by atoms with Gasteiger partial charge in [-0.2, -0.15) is 0 Å². The molecule has 5 heteroatoms. The monoisotopic (exact) mass is 368 g/mol. The quantitative estimate of drug-likeness (QED) is 0.745. The normalized spacial score (nSPS) is 12.2. The second-order valence-electron chi connectivity index (χ2n) is 4.80. The van der Waals surface area contributed by atoms with E-state index < -0.39 is 0 Å². The highest BCUT2D eigenvalue weighted by Crippen LogP contribution is 2.30. The summed E-state index contributed by atoms with van der Waals surface area (Å²) in [7, 11) is 0. The first-order chi connectivity index (χ1) is 10.1. The highest BCUT2D eigenvalue weighted by atomic mass is 79.9. The third kappa shape index (κ3) is 4.70. The van der Waals surface area contributed by atoms with Gasteiger partial charge in [-0.05, 0) is 59.6 Å². The molecule has 1 aromatic heterocycles. The van der Waals surface area contributed by atoms with Crippen molar-refractivity contribution < 1.29 is 4.74 Å². The molecule has 2 rings (SSSR count). The lowest BCUT2D eigenvalue weighted by molar-refractivity contribution is 0.479. The van der Waals surface area contributed by atoms with Crippen molar-refractivity contribution in [3.05, 3.63) is 51.7 Å². The van der Waals surface area contributed by atoms with Crippen LogP contribution >= 0.6 is 27.5 Å². The highest BCUT2D eigenvalue weighted by molar-refractivity contribution is 9.10. The molecular weight excluding hydrogens is 352 g/mol. The van der Waals surface area contributed by atoms with Crippen molar-refractivity contribution in [2.75, 3.05) is 6.54 Å². The molecule has 0 aliphatic carbocycles. The summed E-state index contributed by atoms with van der Waals surface area (Å²) in [6.45, 7) is 5.22. The number of halogens is 2. The molecule has 0 aliphatic rings. The number of hydrogen-bond acceptors (Lipinski definition) is 3. The number of benzene rings is 1. The zero-order valence-electron chi connectivity index (χ0n) is 12.1. The molecule has 21 heavy (non-hydrogen) atoms. The second kappa shape index (κ2) is 7.78. The maximum atomic E-state index is 6.36. The molecule has 0 fully saturated rings. The fourth-order valence-corrected chi connectivity index (χ4v) is 2.66. The standard InChI is InChI=1S/C16H18BrClN2O/c1-3-6-20-11(2)15-5-4-13(8-16(15)18)21-14-7-12(17)9-19-10-14/h4-5,7-11,20H,3,6H2,1-2H3. The molecule has 0 radical (unpaired) electrons. The summed E-state index contributed by atoms with van der Waals surface area (Å²) in [5.74, 6) is 1.37. The molecule has 112 valence electrons. The minimum atomic E-state index is 0.221. The Morgan fingerprint density at radius 3 is 2.76 bits per heavy atom. The minimum absolute atomic E-state index is 0.221. The van der Waals surface area contributed by atoms with Crippen LogP contribution in [-0.2, 0) is 0 Å². The molecular formula is C16H18BrClN2O. The van der Waals surface area contributed by atoms with E-state index >= 15 is 0 Å². The van der Waals surface area contributed by atoms with Gasteiger partial charge in [0.15, 0.2) is 0 Å². The van der Waals surface area contributed by atoms with E-state index in [2.05, 4.69) is 40.1 Å². The molecule has 1 atom stereocenters. The van der Waals surface area contributed by atoms with Crippen LogP contribution in [0.25, 0.3) is 0 Å². The van der Waals surface area contributed by atoms with Gasteiger partial charge < -0.3 is 10.1 Å². The van der Waals surface area contributed by atoms with Crippen molar-refractivity contribution in [2.45, 2.75) is 26.3 Å². The smallest absolute Gasteiger partial charge is 0.146 e. The van der Waals surface area contributed by atoms with Gasteiger partial charge in [-0.25, -0.2) is 0 Å². The SMILES string of the molecule is CCCNC(C)c1ccc(Oc2cncc(Br)c2)cc1Cl. The van der Waals surface area contributed by atoms with E-state index in [1.165, 1.54) is 0 Å². The van der Waals surface area contributed by atoms with Crippen molar-refractivity contribution in [3.8, 4) is 11.5 Å². The molecule has 3 nitrogen and oxygen atoms in total. The van der Waals surface area contributed by atoms with E-state index in [9.17, 15) is 0 Å². The van der Waals surface area contributed by atoms with Gasteiger partial charge in [0, 0.05) is 21.7 Å². The van der Waals surface area contributed by atoms with E-state index in [0.717, 1.165) is 23.0 Å². The van der Waals surface area contributed by atoms with Crippen LogP contribution in [0.1, 0.15) is 31.9 Å². The van der Waals surface area contributed by atoms with E-state index in [1.807, 2.05) is 24.3 Å². The average Bonchev–Trinajstić information content (AvgIpc) is 2.45. The first-order valence-corrected chi connectivity index (χ1v) is 8.08. The van der Waals surface area contributed by atoms with Gasteiger partial charge in [0.2, 0.25) is 0 Å². The zero-order chi connectivity index (χ0) is 15.2. The van der Waals surface area contributed by atoms with Crippen LogP contribution in [0, 0.1) is 0 Å². The van der Waals surface area contributed by atoms with Crippen LogP contribution in [-0.4, -0.2) is 11.5 Å². The van der Waals surface area contributed by atoms with Crippen molar-refractivity contribution in [1.29, 1.82) is 0 Å². The third-order valence-corrected chi connectivity index (χ3v) is 3.82. The van der Waals surface area contributed by atoms with Crippen molar-refractivity contribution in [3.63, 3.8) is 0 Å². The first kappa shape index (κ1) is 16.3. The number of hydrogen-bond donors (Lipinski definition) is 1. The topological polar surface area (TPSA) is 34.1 Å². The number of nitrogens with zero attached hydrogens (tertiary/aromatic N) is 1. The molecule has 1 unspecified atom stereocenters. The molecule has 1 aromatic carbocycles. The summed E-state index contributed by atoms with van der Waals surface area (Å²) in [5, 5.41) is 4.13. The molecule has 0 aliphatic heterocycles. The molecule has 0 spiro atoms. The lowest BCUT2D eigenvalue weighted by atomic mass is 10.1. The second-order valence-corrected chi connectivity index (χ2v) is 6.12. The summed E-state index contributed by atoms with van der Waals surface area (Å²) in [6, 6.07) is 7.84. The Kier molecular flexibility index (Phi) is 6.03. The Morgan fingerprint density at radius 2 is 2.10 bits per heavy atom. The van der Waals surface area contributed by atoms with Crippen LogP contribution in [0.4, 0.5) is 0 Å². The molecule has 1 N–H and O–H groups in total. The van der Waals surface area contributed by atoms with Gasteiger partial charge in [0.25, 0.3) is 0 Å². The summed E-state index contributed by atoms with van der Waals surface area (Å²) in [4.78, 5) is 4.07. The van der Waals surface area contributed by atoms with Crippen LogP contribution in [0.15, 0.2) is 41.1 Å². The van der Waals surface area contributed by atoms with Crippen LogP contribution < -0.4 is 10.1 Å². The van der Waals surface area contributed by atoms with Crippen molar-refractivity contribution >= 4 is 27.5 Å². The lowest BCUT2D eigenvalue weighted by Gasteiger charge is -2.16. The molecule has 2 aromatic rings. The van der Waals surface area contributed by atoms with Gasteiger partial charge in [-0.1, -0.05) is 24.6 Å². The Hall–Kier alpha value is -1.10. The molecule has 0 saturated heterocycles. The Labute approximate surface area is 138 Å². The predicted octanol–water partition coefficient (Wildman–Crippen LogP) is 5.35. The van der Waals surface area contributed by atoms with E-state index in [4.69, 9.17) is 16.3 Å². The summed E-state index contributed by atoms with van der Waals surface area (Å²) < 4.78 is 6.63.